The van der Waals surface area contributed by atoms with Crippen molar-refractivity contribution in [3.63, 3.8) is 0 Å². The fourth-order valence-electron chi connectivity index (χ4n) is 5.66. The predicted octanol–water partition coefficient (Wildman–Crippen LogP) is 1.87. The zero-order chi connectivity index (χ0) is 14.9. The first-order chi connectivity index (χ1) is 9.78. The van der Waals surface area contributed by atoms with Gasteiger partial charge in [0.05, 0.1) is 16.9 Å². The van der Waals surface area contributed by atoms with E-state index >= 15 is 0 Å². The number of halogens is 1. The maximum absolute atomic E-state index is 12.8. The van der Waals surface area contributed by atoms with Crippen LogP contribution < -0.4 is 5.32 Å². The molecule has 0 spiro atoms. The summed E-state index contributed by atoms with van der Waals surface area (Å²) in [6.45, 7) is 0. The Morgan fingerprint density at radius 2 is 1.81 bits per heavy atom. The van der Waals surface area contributed by atoms with Crippen molar-refractivity contribution < 1.29 is 13.2 Å². The quantitative estimate of drug-likeness (QED) is 0.786. The highest BCUT2D eigenvalue weighted by atomic mass is 35.5. The van der Waals surface area contributed by atoms with Crippen molar-refractivity contribution in [3.8, 4) is 0 Å². The van der Waals surface area contributed by atoms with Gasteiger partial charge >= 0.3 is 0 Å². The number of amides is 1. The lowest BCUT2D eigenvalue weighted by Crippen LogP contribution is -2.59. The summed E-state index contributed by atoms with van der Waals surface area (Å²) in [6, 6.07) is -0.193. The number of nitrogens with one attached hydrogen (secondary N) is 1. The number of hydrogen-bond donors (Lipinski definition) is 1. The minimum atomic E-state index is -2.95. The molecule has 3 atom stereocenters. The van der Waals surface area contributed by atoms with Crippen LogP contribution in [0.4, 0.5) is 0 Å². The van der Waals surface area contributed by atoms with Gasteiger partial charge in [-0.3, -0.25) is 4.79 Å². The van der Waals surface area contributed by atoms with Crippen LogP contribution in [0.25, 0.3) is 0 Å². The van der Waals surface area contributed by atoms with Crippen LogP contribution in [0.2, 0.25) is 0 Å². The largest absolute Gasteiger partial charge is 0.352 e. The summed E-state index contributed by atoms with van der Waals surface area (Å²) in [7, 11) is -2.95. The Hall–Kier alpha value is -0.290. The van der Waals surface area contributed by atoms with Crippen LogP contribution in [0.3, 0.4) is 0 Å². The van der Waals surface area contributed by atoms with Crippen molar-refractivity contribution in [2.24, 2.45) is 17.3 Å². The van der Waals surface area contributed by atoms with Crippen LogP contribution in [0.5, 0.6) is 0 Å². The summed E-state index contributed by atoms with van der Waals surface area (Å²) in [6.07, 6.45) is 6.56. The maximum atomic E-state index is 12.8. The molecular formula is C15H22ClNO3S. The molecule has 118 valence electrons. The number of rotatable bonds is 2. The second kappa shape index (κ2) is 4.38. The molecule has 21 heavy (non-hydrogen) atoms. The molecule has 1 aliphatic heterocycles. The Bertz CT molecular complexity index is 574. The van der Waals surface area contributed by atoms with Gasteiger partial charge in [0.2, 0.25) is 5.91 Å². The maximum Gasteiger partial charge on any atom is 0.226 e. The molecule has 0 aromatic heterocycles. The zero-order valence-corrected chi connectivity index (χ0v) is 13.7. The Morgan fingerprint density at radius 3 is 2.33 bits per heavy atom. The standard InChI is InChI=1S/C15H22ClNO3S/c16-15-6-10-3-11(7-15)5-14(4-10,9-15)13(18)17-12-1-2-21(19,20)8-12/h10-12H,1-9H2,(H,17,18)/t10-,11-,12+,14?,15?/m1/s1. The van der Waals surface area contributed by atoms with E-state index in [1.807, 2.05) is 0 Å². The number of hydrogen-bond acceptors (Lipinski definition) is 3. The van der Waals surface area contributed by atoms with Gasteiger partial charge < -0.3 is 5.32 Å². The molecule has 1 N–H and O–H groups in total. The Morgan fingerprint density at radius 1 is 1.14 bits per heavy atom. The van der Waals surface area contributed by atoms with E-state index in [1.165, 1.54) is 6.42 Å². The lowest BCUT2D eigenvalue weighted by molar-refractivity contribution is -0.145. The predicted molar refractivity (Wildman–Crippen MR) is 80.9 cm³/mol. The fraction of sp³-hybridized carbons (Fsp3) is 0.933. The number of sulfone groups is 1. The first kappa shape index (κ1) is 14.3. The lowest BCUT2D eigenvalue weighted by Gasteiger charge is -2.59. The summed E-state index contributed by atoms with van der Waals surface area (Å²) in [4.78, 5) is 12.7. The third kappa shape index (κ3) is 2.40. The van der Waals surface area contributed by atoms with Gasteiger partial charge in [-0.05, 0) is 56.8 Å². The highest BCUT2D eigenvalue weighted by Gasteiger charge is 2.60. The van der Waals surface area contributed by atoms with Crippen LogP contribution >= 0.6 is 11.6 Å². The van der Waals surface area contributed by atoms with Gasteiger partial charge in [-0.15, -0.1) is 11.6 Å². The highest BCUT2D eigenvalue weighted by Crippen LogP contribution is 2.63. The van der Waals surface area contributed by atoms with Crippen LogP contribution in [0, 0.1) is 17.3 Å². The third-order valence-electron chi connectivity index (χ3n) is 6.04. The number of carbonyl (C=O) groups excluding carboxylic acids is 1. The molecule has 5 rings (SSSR count). The van der Waals surface area contributed by atoms with E-state index in [0.29, 0.717) is 18.3 Å². The third-order valence-corrected chi connectivity index (χ3v) is 8.25. The van der Waals surface area contributed by atoms with Gasteiger partial charge in [0.15, 0.2) is 9.84 Å². The van der Waals surface area contributed by atoms with E-state index in [2.05, 4.69) is 5.32 Å². The SMILES string of the molecule is O=C(N[C@H]1CCS(=O)(=O)C1)C12C[C@H]3C[C@@H](CC(Cl)(C3)C1)C2. The lowest BCUT2D eigenvalue weighted by atomic mass is 9.49. The molecule has 5 aliphatic rings. The van der Waals surface area contributed by atoms with Gasteiger partial charge in [0.1, 0.15) is 0 Å². The van der Waals surface area contributed by atoms with Crippen LogP contribution in [0.1, 0.15) is 44.9 Å². The zero-order valence-electron chi connectivity index (χ0n) is 12.1. The molecule has 0 unspecified atom stereocenters. The summed E-state index contributed by atoms with van der Waals surface area (Å²) in [5, 5.41) is 3.03. The van der Waals surface area contributed by atoms with Crippen molar-refractivity contribution in [1.82, 2.24) is 5.32 Å². The molecular weight excluding hydrogens is 310 g/mol. The van der Waals surface area contributed by atoms with Crippen molar-refractivity contribution in [3.05, 3.63) is 0 Å². The van der Waals surface area contributed by atoms with E-state index < -0.39 is 9.84 Å². The number of carbonyl (C=O) groups is 1. The molecule has 4 nitrogen and oxygen atoms in total. The average molecular weight is 332 g/mol. The first-order valence-corrected chi connectivity index (χ1v) is 10.2. The van der Waals surface area contributed by atoms with E-state index in [1.54, 1.807) is 0 Å². The van der Waals surface area contributed by atoms with Crippen molar-refractivity contribution in [2.75, 3.05) is 11.5 Å². The van der Waals surface area contributed by atoms with Crippen LogP contribution in [0.15, 0.2) is 0 Å². The molecule has 1 saturated heterocycles. The van der Waals surface area contributed by atoms with E-state index in [0.717, 1.165) is 32.1 Å². The molecule has 4 saturated carbocycles. The van der Waals surface area contributed by atoms with Crippen LogP contribution in [-0.4, -0.2) is 36.7 Å². The van der Waals surface area contributed by atoms with Crippen molar-refractivity contribution >= 4 is 27.3 Å². The number of alkyl halides is 1. The van der Waals surface area contributed by atoms with Crippen molar-refractivity contribution in [2.45, 2.75) is 55.9 Å². The summed E-state index contributed by atoms with van der Waals surface area (Å²) in [5.41, 5.74) is -0.321. The van der Waals surface area contributed by atoms with Gasteiger partial charge in [-0.25, -0.2) is 8.42 Å². The molecule has 1 amide bonds. The highest BCUT2D eigenvalue weighted by molar-refractivity contribution is 7.91. The molecule has 0 aromatic carbocycles. The summed E-state index contributed by atoms with van der Waals surface area (Å²) < 4.78 is 23.1. The minimum Gasteiger partial charge on any atom is -0.352 e. The minimum absolute atomic E-state index is 0.0729. The average Bonchev–Trinajstić information content (AvgIpc) is 2.65. The topological polar surface area (TPSA) is 63.2 Å². The van der Waals surface area contributed by atoms with E-state index in [-0.39, 0.29) is 33.7 Å². The Balaban J connectivity index is 1.52. The van der Waals surface area contributed by atoms with Gasteiger partial charge in [0.25, 0.3) is 0 Å². The molecule has 4 bridgehead atoms. The second-order valence-corrected chi connectivity index (χ2v) is 11.0. The Labute approximate surface area is 130 Å². The van der Waals surface area contributed by atoms with E-state index in [4.69, 9.17) is 11.6 Å². The molecule has 0 aromatic rings. The second-order valence-electron chi connectivity index (χ2n) is 7.97. The molecule has 1 heterocycles. The van der Waals surface area contributed by atoms with Gasteiger partial charge in [-0.2, -0.15) is 0 Å². The first-order valence-electron chi connectivity index (χ1n) is 7.98. The van der Waals surface area contributed by atoms with Gasteiger partial charge in [-0.1, -0.05) is 0 Å². The molecule has 6 heteroatoms. The molecule has 4 aliphatic carbocycles. The van der Waals surface area contributed by atoms with Crippen LogP contribution in [-0.2, 0) is 14.6 Å². The molecule has 0 radical (unpaired) electrons. The van der Waals surface area contributed by atoms with E-state index in [9.17, 15) is 13.2 Å². The van der Waals surface area contributed by atoms with Gasteiger partial charge in [0, 0.05) is 10.9 Å². The van der Waals surface area contributed by atoms with Crippen molar-refractivity contribution in [1.29, 1.82) is 0 Å². The summed E-state index contributed by atoms with van der Waals surface area (Å²) in [5.74, 6) is 1.55. The normalized spacial score (nSPS) is 50.2. The Kier molecular flexibility index (Phi) is 2.98. The monoisotopic (exact) mass is 331 g/mol. The summed E-state index contributed by atoms with van der Waals surface area (Å²) >= 11 is 6.75. The smallest absolute Gasteiger partial charge is 0.226 e. The fourth-order valence-corrected chi connectivity index (χ4v) is 8.03. The molecule has 5 fully saturated rings.